The van der Waals surface area contributed by atoms with Gasteiger partial charge in [-0.25, -0.2) is 0 Å². The number of allylic oxidation sites excluding steroid dienone is 3. The molecular formula is C34H62O3Si2. The summed E-state index contributed by atoms with van der Waals surface area (Å²) in [6.07, 6.45) is 14.2. The molecule has 0 spiro atoms. The fraction of sp³-hybridized carbons (Fsp3) is 0.824. The van der Waals surface area contributed by atoms with Crippen LogP contribution in [0.3, 0.4) is 0 Å². The van der Waals surface area contributed by atoms with Gasteiger partial charge in [0.05, 0.1) is 6.10 Å². The average Bonchev–Trinajstić information content (AvgIpc) is 3.15. The first kappa shape index (κ1) is 33.0. The standard InChI is InChI=1S/C34H62O3Si2/c1-24(23-35)29-17-18-30-27(14-13-19-34(29,30)8)16-15-26-20-28(22-33(6,7)38(9,10)36)25(2)31(21-26)37-39(11,12)32(3,4)5/h15-16,24,28-31,35-36H,2,13-14,17-23H2,1,3-12H3/b26-15+,27-16+/t24-,28-,29+,30?,31+,34+/m0/s1. The zero-order valence-electron chi connectivity index (χ0n) is 27.4. The Kier molecular flexibility index (Phi) is 9.88. The minimum absolute atomic E-state index is 0.0615. The molecule has 3 aliphatic rings. The summed E-state index contributed by atoms with van der Waals surface area (Å²) in [5, 5.41) is 9.99. The maximum Gasteiger partial charge on any atom is 0.192 e. The molecule has 3 fully saturated rings. The smallest absolute Gasteiger partial charge is 0.192 e. The van der Waals surface area contributed by atoms with Gasteiger partial charge in [-0.05, 0) is 122 Å². The number of aliphatic hydroxyl groups is 1. The number of rotatable bonds is 8. The molecule has 3 rings (SSSR count). The molecule has 0 aliphatic heterocycles. The van der Waals surface area contributed by atoms with Gasteiger partial charge in [-0.1, -0.05) is 78.3 Å². The monoisotopic (exact) mass is 574 g/mol. The number of aliphatic hydroxyl groups excluding tert-OH is 1. The summed E-state index contributed by atoms with van der Waals surface area (Å²) in [7, 11) is -4.29. The van der Waals surface area contributed by atoms with Crippen molar-refractivity contribution >= 4 is 16.6 Å². The fourth-order valence-corrected chi connectivity index (χ4v) is 9.63. The maximum absolute atomic E-state index is 11.1. The van der Waals surface area contributed by atoms with E-state index in [-0.39, 0.29) is 16.2 Å². The van der Waals surface area contributed by atoms with Crippen LogP contribution in [0.5, 0.6) is 0 Å². The SMILES string of the molecule is C=C1[C@H](CC(C)(C)[Si](C)(C)O)C/C(=C\C=C2/CCC[C@@]3(C)C2CC[C@@H]3[C@@H](C)CO)C[C@H]1O[Si](C)(C)C(C)(C)C. The summed E-state index contributed by atoms with van der Waals surface area (Å²) in [5.41, 5.74) is 4.69. The van der Waals surface area contributed by atoms with Crippen molar-refractivity contribution in [1.82, 2.24) is 0 Å². The molecule has 0 saturated heterocycles. The molecule has 224 valence electrons. The second kappa shape index (κ2) is 11.7. The van der Waals surface area contributed by atoms with Crippen molar-refractivity contribution in [3.05, 3.63) is 35.5 Å². The van der Waals surface area contributed by atoms with E-state index in [0.29, 0.717) is 35.7 Å². The van der Waals surface area contributed by atoms with Crippen LogP contribution in [0.1, 0.15) is 99.8 Å². The summed E-state index contributed by atoms with van der Waals surface area (Å²) >= 11 is 0. The highest BCUT2D eigenvalue weighted by Crippen LogP contribution is 2.59. The zero-order valence-corrected chi connectivity index (χ0v) is 29.4. The second-order valence-corrected chi connectivity index (χ2v) is 25.7. The van der Waals surface area contributed by atoms with Crippen LogP contribution in [-0.2, 0) is 4.43 Å². The predicted octanol–water partition coefficient (Wildman–Crippen LogP) is 9.41. The predicted molar refractivity (Wildman–Crippen MR) is 173 cm³/mol. The van der Waals surface area contributed by atoms with Crippen LogP contribution in [0, 0.1) is 29.1 Å². The fourth-order valence-electron chi connectivity index (χ4n) is 7.58. The zero-order chi connectivity index (χ0) is 29.6. The van der Waals surface area contributed by atoms with Crippen LogP contribution >= 0.6 is 0 Å². The first-order valence-electron chi connectivity index (χ1n) is 15.8. The lowest BCUT2D eigenvalue weighted by Gasteiger charge is -2.45. The van der Waals surface area contributed by atoms with E-state index in [1.807, 2.05) is 0 Å². The van der Waals surface area contributed by atoms with Crippen LogP contribution in [0.4, 0.5) is 0 Å². The van der Waals surface area contributed by atoms with Crippen molar-refractivity contribution in [2.75, 3.05) is 6.61 Å². The Morgan fingerprint density at radius 3 is 2.28 bits per heavy atom. The molecule has 0 aromatic carbocycles. The van der Waals surface area contributed by atoms with Gasteiger partial charge in [-0.3, -0.25) is 0 Å². The molecule has 2 N–H and O–H groups in total. The Hall–Kier alpha value is -0.466. The molecule has 6 atom stereocenters. The summed E-state index contributed by atoms with van der Waals surface area (Å²) in [6, 6.07) is 0. The van der Waals surface area contributed by atoms with Crippen LogP contribution < -0.4 is 0 Å². The van der Waals surface area contributed by atoms with E-state index in [4.69, 9.17) is 4.43 Å². The van der Waals surface area contributed by atoms with Crippen molar-refractivity contribution in [2.24, 2.45) is 29.1 Å². The van der Waals surface area contributed by atoms with E-state index < -0.39 is 16.6 Å². The summed E-state index contributed by atoms with van der Waals surface area (Å²) in [6.45, 7) is 30.0. The largest absolute Gasteiger partial charge is 0.432 e. The van der Waals surface area contributed by atoms with Gasteiger partial charge in [0, 0.05) is 6.61 Å². The molecule has 3 saturated carbocycles. The molecule has 39 heavy (non-hydrogen) atoms. The Morgan fingerprint density at radius 2 is 1.72 bits per heavy atom. The lowest BCUT2D eigenvalue weighted by atomic mass is 9.61. The normalized spacial score (nSPS) is 34.0. The third kappa shape index (κ3) is 6.96. The summed E-state index contributed by atoms with van der Waals surface area (Å²) < 4.78 is 7.05. The lowest BCUT2D eigenvalue weighted by molar-refractivity contribution is 0.0690. The van der Waals surface area contributed by atoms with Gasteiger partial charge < -0.3 is 14.3 Å². The van der Waals surface area contributed by atoms with Gasteiger partial charge in [-0.2, -0.15) is 0 Å². The highest BCUT2D eigenvalue weighted by molar-refractivity contribution is 6.74. The molecular weight excluding hydrogens is 513 g/mol. The molecule has 0 heterocycles. The molecule has 0 bridgehead atoms. The van der Waals surface area contributed by atoms with Gasteiger partial charge in [-0.15, -0.1) is 0 Å². The molecule has 3 aliphatic carbocycles. The van der Waals surface area contributed by atoms with Crippen molar-refractivity contribution < 1.29 is 14.3 Å². The van der Waals surface area contributed by atoms with E-state index in [9.17, 15) is 9.90 Å². The van der Waals surface area contributed by atoms with Crippen LogP contribution in [0.2, 0.25) is 36.3 Å². The quantitative estimate of drug-likeness (QED) is 0.224. The van der Waals surface area contributed by atoms with E-state index in [1.54, 1.807) is 5.57 Å². The summed E-state index contributed by atoms with van der Waals surface area (Å²) in [5.74, 6) is 2.00. The van der Waals surface area contributed by atoms with Crippen LogP contribution in [0.25, 0.3) is 0 Å². The second-order valence-electron chi connectivity index (χ2n) is 16.5. The first-order valence-corrected chi connectivity index (χ1v) is 21.7. The van der Waals surface area contributed by atoms with Crippen molar-refractivity contribution in [1.29, 1.82) is 0 Å². The number of fused-ring (bicyclic) bond motifs is 1. The maximum atomic E-state index is 11.1. The van der Waals surface area contributed by atoms with Gasteiger partial charge in [0.2, 0.25) is 0 Å². The lowest BCUT2D eigenvalue weighted by Crippen LogP contribution is -2.46. The molecule has 1 unspecified atom stereocenters. The topological polar surface area (TPSA) is 49.7 Å². The Labute approximate surface area is 243 Å². The van der Waals surface area contributed by atoms with Gasteiger partial charge in [0.15, 0.2) is 16.6 Å². The van der Waals surface area contributed by atoms with Gasteiger partial charge in [0.1, 0.15) is 0 Å². The Balaban J connectivity index is 1.92. The number of hydrogen-bond acceptors (Lipinski definition) is 3. The van der Waals surface area contributed by atoms with Gasteiger partial charge >= 0.3 is 0 Å². The van der Waals surface area contributed by atoms with E-state index in [2.05, 4.69) is 93.4 Å². The Morgan fingerprint density at radius 1 is 1.08 bits per heavy atom. The van der Waals surface area contributed by atoms with Crippen molar-refractivity contribution in [3.8, 4) is 0 Å². The van der Waals surface area contributed by atoms with E-state index >= 15 is 0 Å². The van der Waals surface area contributed by atoms with Crippen molar-refractivity contribution in [2.45, 2.75) is 142 Å². The van der Waals surface area contributed by atoms with Crippen LogP contribution in [-0.4, -0.2) is 39.2 Å². The molecule has 5 heteroatoms. The third-order valence-corrected chi connectivity index (χ3v) is 20.1. The molecule has 3 nitrogen and oxygen atoms in total. The molecule has 0 aromatic heterocycles. The summed E-state index contributed by atoms with van der Waals surface area (Å²) in [4.78, 5) is 11.1. The minimum Gasteiger partial charge on any atom is -0.432 e. The first-order chi connectivity index (χ1) is 17.7. The number of hydrogen-bond donors (Lipinski definition) is 2. The average molecular weight is 575 g/mol. The van der Waals surface area contributed by atoms with Crippen molar-refractivity contribution in [3.63, 3.8) is 0 Å². The molecule has 0 amide bonds. The van der Waals surface area contributed by atoms with Crippen LogP contribution in [0.15, 0.2) is 35.5 Å². The highest BCUT2D eigenvalue weighted by atomic mass is 28.4. The highest BCUT2D eigenvalue weighted by Gasteiger charge is 2.50. The van der Waals surface area contributed by atoms with E-state index in [1.165, 1.54) is 43.3 Å². The molecule has 0 aromatic rings. The van der Waals surface area contributed by atoms with E-state index in [0.717, 1.165) is 19.3 Å². The third-order valence-electron chi connectivity index (χ3n) is 12.1. The minimum atomic E-state index is -2.33. The van der Waals surface area contributed by atoms with Gasteiger partial charge in [0.25, 0.3) is 0 Å². The molecule has 0 radical (unpaired) electrons. The Bertz CT molecular complexity index is 906.